The van der Waals surface area contributed by atoms with E-state index in [1.807, 2.05) is 54.7 Å². The molecule has 0 heterocycles. The molecule has 0 aliphatic heterocycles. The van der Waals surface area contributed by atoms with Crippen molar-refractivity contribution in [3.05, 3.63) is 60.3 Å². The number of ether oxygens (including phenoxy) is 2. The Morgan fingerprint density at radius 1 is 0.958 bits per heavy atom. The Balaban J connectivity index is 1.65. The Hall–Kier alpha value is -2.75. The van der Waals surface area contributed by atoms with E-state index in [1.165, 1.54) is 0 Å². The van der Waals surface area contributed by atoms with Crippen LogP contribution in [0.2, 0.25) is 0 Å². The van der Waals surface area contributed by atoms with E-state index in [0.717, 1.165) is 36.3 Å². The molecular formula is C20H21NO3. The van der Waals surface area contributed by atoms with E-state index in [-0.39, 0.29) is 5.78 Å². The molecule has 1 saturated carbocycles. The molecule has 0 bridgehead atoms. The van der Waals surface area contributed by atoms with Crippen LogP contribution < -0.4 is 14.8 Å². The summed E-state index contributed by atoms with van der Waals surface area (Å²) in [5.41, 5.74) is 1.81. The van der Waals surface area contributed by atoms with Crippen molar-refractivity contribution in [2.45, 2.75) is 25.7 Å². The minimum atomic E-state index is 0.255. The van der Waals surface area contributed by atoms with Gasteiger partial charge in [0.15, 0.2) is 17.3 Å². The number of Topliss-reactive ketones (excluding diaryl/α,β-unsaturated/α-hetero) is 1. The van der Waals surface area contributed by atoms with Crippen molar-refractivity contribution in [2.75, 3.05) is 12.4 Å². The van der Waals surface area contributed by atoms with Gasteiger partial charge in [0.2, 0.25) is 0 Å². The van der Waals surface area contributed by atoms with Crippen molar-refractivity contribution >= 4 is 11.5 Å². The molecule has 0 aromatic heterocycles. The highest BCUT2D eigenvalue weighted by molar-refractivity contribution is 5.96. The fraction of sp³-hybridized carbons (Fsp3) is 0.250. The Morgan fingerprint density at radius 3 is 2.38 bits per heavy atom. The number of carbonyl (C=O) groups excluding carboxylic acids is 1. The SMILES string of the molecule is COc1ccccc1Oc1ccc(N/C=C2/CCCCC2=O)cc1. The first kappa shape index (κ1) is 16.1. The Morgan fingerprint density at radius 2 is 1.67 bits per heavy atom. The number of rotatable bonds is 5. The summed E-state index contributed by atoms with van der Waals surface area (Å²) < 4.78 is 11.1. The molecule has 0 radical (unpaired) electrons. The van der Waals surface area contributed by atoms with Gasteiger partial charge in [-0.15, -0.1) is 0 Å². The number of hydrogen-bond acceptors (Lipinski definition) is 4. The molecule has 1 N–H and O–H groups in total. The summed E-state index contributed by atoms with van der Waals surface area (Å²) in [6.45, 7) is 0. The van der Waals surface area contributed by atoms with Crippen LogP contribution in [0.5, 0.6) is 17.2 Å². The van der Waals surface area contributed by atoms with Crippen molar-refractivity contribution in [1.29, 1.82) is 0 Å². The van der Waals surface area contributed by atoms with Gasteiger partial charge in [-0.25, -0.2) is 0 Å². The van der Waals surface area contributed by atoms with E-state index in [2.05, 4.69) is 5.32 Å². The van der Waals surface area contributed by atoms with Gasteiger partial charge in [0.1, 0.15) is 5.75 Å². The highest BCUT2D eigenvalue weighted by Gasteiger charge is 2.14. The van der Waals surface area contributed by atoms with E-state index in [9.17, 15) is 4.79 Å². The van der Waals surface area contributed by atoms with Crippen LogP contribution in [-0.4, -0.2) is 12.9 Å². The smallest absolute Gasteiger partial charge is 0.169 e. The first-order valence-corrected chi connectivity index (χ1v) is 8.16. The second-order valence-corrected chi connectivity index (χ2v) is 5.72. The highest BCUT2D eigenvalue weighted by atomic mass is 16.5. The lowest BCUT2D eigenvalue weighted by atomic mass is 9.94. The molecule has 24 heavy (non-hydrogen) atoms. The summed E-state index contributed by atoms with van der Waals surface area (Å²) in [5.74, 6) is 2.35. The molecule has 0 unspecified atom stereocenters. The summed E-state index contributed by atoms with van der Waals surface area (Å²) in [5, 5.41) is 3.20. The van der Waals surface area contributed by atoms with Crippen LogP contribution in [0, 0.1) is 0 Å². The lowest BCUT2D eigenvalue weighted by Gasteiger charge is -2.13. The third-order valence-corrected chi connectivity index (χ3v) is 4.02. The van der Waals surface area contributed by atoms with Crippen molar-refractivity contribution in [3.63, 3.8) is 0 Å². The van der Waals surface area contributed by atoms with Gasteiger partial charge in [-0.3, -0.25) is 4.79 Å². The minimum absolute atomic E-state index is 0.255. The third kappa shape index (κ3) is 3.96. The predicted molar refractivity (Wildman–Crippen MR) is 94.7 cm³/mol. The number of benzene rings is 2. The van der Waals surface area contributed by atoms with E-state index in [4.69, 9.17) is 9.47 Å². The van der Waals surface area contributed by atoms with Crippen molar-refractivity contribution in [1.82, 2.24) is 0 Å². The number of ketones is 1. The number of methoxy groups -OCH3 is 1. The molecule has 3 rings (SSSR count). The summed E-state index contributed by atoms with van der Waals surface area (Å²) in [6, 6.07) is 15.2. The number of anilines is 1. The van der Waals surface area contributed by atoms with Crippen LogP contribution in [0.3, 0.4) is 0 Å². The van der Waals surface area contributed by atoms with Gasteiger partial charge in [0.05, 0.1) is 7.11 Å². The zero-order valence-electron chi connectivity index (χ0n) is 13.7. The van der Waals surface area contributed by atoms with Crippen molar-refractivity contribution in [3.8, 4) is 17.2 Å². The lowest BCUT2D eigenvalue weighted by Crippen LogP contribution is -2.09. The molecule has 1 fully saturated rings. The normalized spacial score (nSPS) is 16.0. The number of hydrogen-bond donors (Lipinski definition) is 1. The Kier molecular flexibility index (Phi) is 5.16. The molecule has 2 aromatic carbocycles. The zero-order valence-corrected chi connectivity index (χ0v) is 13.7. The predicted octanol–water partition coefficient (Wildman–Crippen LogP) is 4.93. The van der Waals surface area contributed by atoms with Gasteiger partial charge < -0.3 is 14.8 Å². The van der Waals surface area contributed by atoms with Crippen LogP contribution in [-0.2, 0) is 4.79 Å². The first-order valence-electron chi connectivity index (χ1n) is 8.16. The number of allylic oxidation sites excluding steroid dienone is 1. The molecule has 124 valence electrons. The Bertz CT molecular complexity index is 735. The summed E-state index contributed by atoms with van der Waals surface area (Å²) in [7, 11) is 1.62. The Labute approximate surface area is 142 Å². The maximum absolute atomic E-state index is 11.8. The van der Waals surface area contributed by atoms with Crippen LogP contribution in [0.15, 0.2) is 60.3 Å². The van der Waals surface area contributed by atoms with Gasteiger partial charge in [0.25, 0.3) is 0 Å². The largest absolute Gasteiger partial charge is 0.493 e. The minimum Gasteiger partial charge on any atom is -0.493 e. The second kappa shape index (κ2) is 7.68. The van der Waals surface area contributed by atoms with E-state index < -0.39 is 0 Å². The lowest BCUT2D eigenvalue weighted by molar-refractivity contribution is -0.116. The van der Waals surface area contributed by atoms with Gasteiger partial charge in [0, 0.05) is 23.9 Å². The zero-order chi connectivity index (χ0) is 16.8. The molecule has 2 aromatic rings. The topological polar surface area (TPSA) is 47.6 Å². The quantitative estimate of drug-likeness (QED) is 0.793. The van der Waals surface area contributed by atoms with Crippen LogP contribution >= 0.6 is 0 Å². The van der Waals surface area contributed by atoms with Crippen LogP contribution in [0.25, 0.3) is 0 Å². The molecule has 1 aliphatic rings. The molecule has 0 atom stereocenters. The molecule has 0 saturated heterocycles. The first-order chi connectivity index (χ1) is 11.8. The summed E-state index contributed by atoms with van der Waals surface area (Å²) in [6.07, 6.45) is 5.45. The van der Waals surface area contributed by atoms with Gasteiger partial charge in [-0.1, -0.05) is 12.1 Å². The van der Waals surface area contributed by atoms with Crippen LogP contribution in [0.4, 0.5) is 5.69 Å². The molecular weight excluding hydrogens is 302 g/mol. The molecule has 0 spiro atoms. The number of carbonyl (C=O) groups is 1. The average Bonchev–Trinajstić information content (AvgIpc) is 2.63. The fourth-order valence-electron chi connectivity index (χ4n) is 2.67. The molecule has 4 nitrogen and oxygen atoms in total. The van der Waals surface area contributed by atoms with Gasteiger partial charge in [-0.2, -0.15) is 0 Å². The monoisotopic (exact) mass is 323 g/mol. The van der Waals surface area contributed by atoms with Crippen molar-refractivity contribution < 1.29 is 14.3 Å². The van der Waals surface area contributed by atoms with Crippen molar-refractivity contribution in [2.24, 2.45) is 0 Å². The van der Waals surface area contributed by atoms with Gasteiger partial charge in [-0.05, 0) is 55.7 Å². The molecule has 0 amide bonds. The fourth-order valence-corrected chi connectivity index (χ4v) is 2.67. The van der Waals surface area contributed by atoms with E-state index in [0.29, 0.717) is 17.9 Å². The average molecular weight is 323 g/mol. The number of nitrogens with one attached hydrogen (secondary N) is 1. The maximum Gasteiger partial charge on any atom is 0.169 e. The second-order valence-electron chi connectivity index (χ2n) is 5.72. The number of para-hydroxylation sites is 2. The van der Waals surface area contributed by atoms with E-state index >= 15 is 0 Å². The standard InChI is InChI=1S/C20H21NO3/c1-23-19-8-4-5-9-20(19)24-17-12-10-16(11-13-17)21-14-15-6-2-3-7-18(15)22/h4-5,8-14,21H,2-3,6-7H2,1H3/b15-14-. The molecule has 4 heteroatoms. The van der Waals surface area contributed by atoms with E-state index in [1.54, 1.807) is 7.11 Å². The molecule has 1 aliphatic carbocycles. The highest BCUT2D eigenvalue weighted by Crippen LogP contribution is 2.31. The third-order valence-electron chi connectivity index (χ3n) is 4.02. The van der Waals surface area contributed by atoms with Gasteiger partial charge >= 0.3 is 0 Å². The summed E-state index contributed by atoms with van der Waals surface area (Å²) >= 11 is 0. The maximum atomic E-state index is 11.8. The summed E-state index contributed by atoms with van der Waals surface area (Å²) in [4.78, 5) is 11.8. The van der Waals surface area contributed by atoms with Crippen LogP contribution in [0.1, 0.15) is 25.7 Å².